The molecule has 2 rings (SSSR count). The van der Waals surface area contributed by atoms with Gasteiger partial charge in [-0.3, -0.25) is 0 Å². The van der Waals surface area contributed by atoms with Gasteiger partial charge in [-0.05, 0) is 53.2 Å². The van der Waals surface area contributed by atoms with Crippen molar-refractivity contribution in [1.29, 1.82) is 0 Å². The Morgan fingerprint density at radius 1 is 0.955 bits per heavy atom. The van der Waals surface area contributed by atoms with Crippen LogP contribution in [0.3, 0.4) is 0 Å². The molecule has 0 fully saturated rings. The van der Waals surface area contributed by atoms with Crippen molar-refractivity contribution < 1.29 is 9.16 Å². The van der Waals surface area contributed by atoms with Crippen LogP contribution in [0.2, 0.25) is 18.1 Å². The molecule has 0 bridgehead atoms. The smallest absolute Gasteiger partial charge is 0.192 e. The van der Waals surface area contributed by atoms with Crippen molar-refractivity contribution in [1.82, 2.24) is 0 Å². The second-order valence-electron chi connectivity index (χ2n) is 7.11. The van der Waals surface area contributed by atoms with Gasteiger partial charge in [-0.15, -0.1) is 0 Å². The van der Waals surface area contributed by atoms with Gasteiger partial charge in [0, 0.05) is 4.47 Å². The maximum atomic E-state index is 6.13. The van der Waals surface area contributed by atoms with Gasteiger partial charge < -0.3 is 9.16 Å². The summed E-state index contributed by atoms with van der Waals surface area (Å²) in [7, 11) is -1.68. The normalized spacial score (nSPS) is 12.6. The molecule has 0 unspecified atom stereocenters. The molecule has 22 heavy (non-hydrogen) atoms. The molecule has 0 atom stereocenters. The Bertz CT molecular complexity index is 647. The lowest BCUT2D eigenvalue weighted by atomic mass is 10.1. The minimum atomic E-state index is -1.68. The number of benzene rings is 2. The van der Waals surface area contributed by atoms with Gasteiger partial charge >= 0.3 is 0 Å². The van der Waals surface area contributed by atoms with E-state index in [1.165, 1.54) is 10.8 Å². The number of rotatable bonds is 5. The third-order valence-electron chi connectivity index (χ3n) is 4.39. The van der Waals surface area contributed by atoms with Crippen LogP contribution in [-0.4, -0.2) is 21.5 Å². The van der Waals surface area contributed by atoms with E-state index in [4.69, 9.17) is 9.16 Å². The first kappa shape index (κ1) is 17.5. The van der Waals surface area contributed by atoms with Crippen molar-refractivity contribution in [3.8, 4) is 5.75 Å². The highest BCUT2D eigenvalue weighted by Crippen LogP contribution is 2.36. The van der Waals surface area contributed by atoms with E-state index in [0.29, 0.717) is 13.2 Å². The Balaban J connectivity index is 1.91. The van der Waals surface area contributed by atoms with Crippen LogP contribution in [0.25, 0.3) is 10.8 Å². The third kappa shape index (κ3) is 4.34. The first-order valence-electron chi connectivity index (χ1n) is 7.65. The Kier molecular flexibility index (Phi) is 5.36. The first-order valence-corrected chi connectivity index (χ1v) is 11.4. The van der Waals surface area contributed by atoms with Crippen LogP contribution in [0.4, 0.5) is 0 Å². The molecule has 0 aliphatic carbocycles. The standard InChI is InChI=1S/C18H25BrO2Si/c1-18(2,3)22(4,5)21-11-10-20-17-9-7-14-12-16(19)8-6-15(14)13-17/h6-9,12-13H,10-11H2,1-5H3. The van der Waals surface area contributed by atoms with Gasteiger partial charge in [0.2, 0.25) is 0 Å². The van der Waals surface area contributed by atoms with Gasteiger partial charge in [0.15, 0.2) is 8.32 Å². The van der Waals surface area contributed by atoms with Crippen molar-refractivity contribution in [2.75, 3.05) is 13.2 Å². The molecule has 0 aromatic heterocycles. The molecular formula is C18H25BrO2Si. The molecule has 0 aliphatic rings. The zero-order valence-electron chi connectivity index (χ0n) is 14.1. The van der Waals surface area contributed by atoms with E-state index in [1.807, 2.05) is 12.1 Å². The van der Waals surface area contributed by atoms with Gasteiger partial charge in [0.25, 0.3) is 0 Å². The van der Waals surface area contributed by atoms with Crippen molar-refractivity contribution in [2.24, 2.45) is 0 Å². The molecule has 4 heteroatoms. The summed E-state index contributed by atoms with van der Waals surface area (Å²) in [5.41, 5.74) is 0. The summed E-state index contributed by atoms with van der Waals surface area (Å²) in [6, 6.07) is 12.4. The van der Waals surface area contributed by atoms with Gasteiger partial charge in [-0.1, -0.05) is 48.8 Å². The van der Waals surface area contributed by atoms with Crippen molar-refractivity contribution in [2.45, 2.75) is 38.9 Å². The van der Waals surface area contributed by atoms with E-state index < -0.39 is 8.32 Å². The quantitative estimate of drug-likeness (QED) is 0.467. The monoisotopic (exact) mass is 380 g/mol. The van der Waals surface area contributed by atoms with Crippen molar-refractivity contribution in [3.05, 3.63) is 40.9 Å². The van der Waals surface area contributed by atoms with E-state index >= 15 is 0 Å². The molecule has 0 heterocycles. The van der Waals surface area contributed by atoms with Crippen LogP contribution in [-0.2, 0) is 4.43 Å². The third-order valence-corrected chi connectivity index (χ3v) is 9.43. The van der Waals surface area contributed by atoms with Crippen LogP contribution >= 0.6 is 15.9 Å². The highest BCUT2D eigenvalue weighted by Gasteiger charge is 2.36. The summed E-state index contributed by atoms with van der Waals surface area (Å²) >= 11 is 3.49. The molecule has 2 nitrogen and oxygen atoms in total. The fraction of sp³-hybridized carbons (Fsp3) is 0.444. The minimum absolute atomic E-state index is 0.239. The van der Waals surface area contributed by atoms with E-state index in [9.17, 15) is 0 Å². The first-order chi connectivity index (χ1) is 10.2. The van der Waals surface area contributed by atoms with Gasteiger partial charge in [0.05, 0.1) is 6.61 Å². The molecule has 0 aliphatic heterocycles. The molecule has 0 spiro atoms. The molecule has 120 valence electrons. The zero-order chi connectivity index (χ0) is 16.4. The van der Waals surface area contributed by atoms with Crippen LogP contribution in [0.1, 0.15) is 20.8 Å². The van der Waals surface area contributed by atoms with Crippen LogP contribution in [0, 0.1) is 0 Å². The molecular weight excluding hydrogens is 356 g/mol. The second-order valence-corrected chi connectivity index (χ2v) is 12.8. The Labute approximate surface area is 143 Å². The summed E-state index contributed by atoms with van der Waals surface area (Å²) < 4.78 is 13.1. The zero-order valence-corrected chi connectivity index (χ0v) is 16.7. The summed E-state index contributed by atoms with van der Waals surface area (Å²) in [4.78, 5) is 0. The molecule has 0 saturated carbocycles. The van der Waals surface area contributed by atoms with E-state index in [2.05, 4.69) is 74.1 Å². The molecule has 0 radical (unpaired) electrons. The summed E-state index contributed by atoms with van der Waals surface area (Å²) in [5.74, 6) is 0.897. The lowest BCUT2D eigenvalue weighted by Crippen LogP contribution is -2.41. The van der Waals surface area contributed by atoms with Crippen LogP contribution in [0.5, 0.6) is 5.75 Å². The molecule has 0 N–H and O–H groups in total. The summed E-state index contributed by atoms with van der Waals surface area (Å²) in [5, 5.41) is 2.63. The van der Waals surface area contributed by atoms with E-state index in [0.717, 1.165) is 10.2 Å². The Morgan fingerprint density at radius 3 is 2.27 bits per heavy atom. The van der Waals surface area contributed by atoms with Gasteiger partial charge in [-0.25, -0.2) is 0 Å². The van der Waals surface area contributed by atoms with Crippen molar-refractivity contribution >= 4 is 35.0 Å². The maximum Gasteiger partial charge on any atom is 0.192 e. The summed E-state index contributed by atoms with van der Waals surface area (Å²) in [6.45, 7) is 12.5. The second kappa shape index (κ2) is 6.73. The minimum Gasteiger partial charge on any atom is -0.491 e. The fourth-order valence-electron chi connectivity index (χ4n) is 1.96. The fourth-order valence-corrected chi connectivity index (χ4v) is 3.36. The number of halogens is 1. The van der Waals surface area contributed by atoms with Crippen LogP contribution in [0.15, 0.2) is 40.9 Å². The number of fused-ring (bicyclic) bond motifs is 1. The van der Waals surface area contributed by atoms with Gasteiger partial charge in [0.1, 0.15) is 12.4 Å². The number of hydrogen-bond donors (Lipinski definition) is 0. The molecule has 2 aromatic carbocycles. The average Bonchev–Trinajstić information content (AvgIpc) is 2.42. The number of hydrogen-bond acceptors (Lipinski definition) is 2. The maximum absolute atomic E-state index is 6.13. The predicted molar refractivity (Wildman–Crippen MR) is 100 cm³/mol. The highest BCUT2D eigenvalue weighted by atomic mass is 79.9. The summed E-state index contributed by atoms with van der Waals surface area (Å²) in [6.07, 6.45) is 0. The topological polar surface area (TPSA) is 18.5 Å². The van der Waals surface area contributed by atoms with E-state index in [1.54, 1.807) is 0 Å². The van der Waals surface area contributed by atoms with Crippen molar-refractivity contribution in [3.63, 3.8) is 0 Å². The lowest BCUT2D eigenvalue weighted by molar-refractivity contribution is 0.203. The lowest BCUT2D eigenvalue weighted by Gasteiger charge is -2.36. The SMILES string of the molecule is CC(C)(C)[Si](C)(C)OCCOc1ccc2cc(Br)ccc2c1. The average molecular weight is 381 g/mol. The molecule has 2 aromatic rings. The Hall–Kier alpha value is -0.843. The highest BCUT2D eigenvalue weighted by molar-refractivity contribution is 9.10. The largest absolute Gasteiger partial charge is 0.491 e. The predicted octanol–water partition coefficient (Wildman–Crippen LogP) is 6.00. The van der Waals surface area contributed by atoms with Crippen LogP contribution < -0.4 is 4.74 Å². The number of ether oxygens (including phenoxy) is 1. The molecule has 0 amide bonds. The molecule has 0 saturated heterocycles. The Morgan fingerprint density at radius 2 is 1.59 bits per heavy atom. The van der Waals surface area contributed by atoms with Gasteiger partial charge in [-0.2, -0.15) is 0 Å². The van der Waals surface area contributed by atoms with E-state index in [-0.39, 0.29) is 5.04 Å².